The van der Waals surface area contributed by atoms with Gasteiger partial charge in [-0.25, -0.2) is 24.3 Å². The third-order valence-corrected chi connectivity index (χ3v) is 4.00. The van der Waals surface area contributed by atoms with Crippen molar-refractivity contribution in [3.63, 3.8) is 0 Å². The number of halogens is 1. The van der Waals surface area contributed by atoms with Crippen molar-refractivity contribution in [3.05, 3.63) is 55.0 Å². The van der Waals surface area contributed by atoms with Crippen LogP contribution < -0.4 is 0 Å². The second kappa shape index (κ2) is 5.17. The van der Waals surface area contributed by atoms with Gasteiger partial charge in [-0.3, -0.25) is 5.10 Å². The molecule has 0 unspecified atom stereocenters. The molecule has 0 radical (unpaired) electrons. The minimum Gasteiger partial charge on any atom is -0.335 e. The number of H-pyrrole nitrogens is 2. The van der Waals surface area contributed by atoms with Gasteiger partial charge in [-0.2, -0.15) is 5.10 Å². The second-order valence-corrected chi connectivity index (χ2v) is 5.54. The van der Waals surface area contributed by atoms with Crippen LogP contribution in [0, 0.1) is 5.82 Å². The summed E-state index contributed by atoms with van der Waals surface area (Å²) in [5.74, 6) is 0.130. The van der Waals surface area contributed by atoms with Crippen molar-refractivity contribution in [2.75, 3.05) is 0 Å². The summed E-state index contributed by atoms with van der Waals surface area (Å²) in [4.78, 5) is 19.8. The van der Waals surface area contributed by atoms with Gasteiger partial charge in [0.15, 0.2) is 17.3 Å². The summed E-state index contributed by atoms with van der Waals surface area (Å²) in [5, 5.41) is 7.58. The molecule has 5 rings (SSSR count). The first-order valence-corrected chi connectivity index (χ1v) is 7.54. The Morgan fingerprint density at radius 3 is 2.76 bits per heavy atom. The maximum absolute atomic E-state index is 14.5. The molecular formula is C17H10FN7. The van der Waals surface area contributed by atoms with Crippen molar-refractivity contribution in [2.24, 2.45) is 0 Å². The lowest BCUT2D eigenvalue weighted by molar-refractivity contribution is 0.636. The number of aromatic nitrogens is 7. The molecule has 0 bridgehead atoms. The summed E-state index contributed by atoms with van der Waals surface area (Å²) < 4.78 is 14.5. The fourth-order valence-electron chi connectivity index (χ4n) is 2.83. The third-order valence-electron chi connectivity index (χ3n) is 4.00. The zero-order valence-corrected chi connectivity index (χ0v) is 12.7. The van der Waals surface area contributed by atoms with Crippen molar-refractivity contribution < 1.29 is 4.39 Å². The van der Waals surface area contributed by atoms with Crippen molar-refractivity contribution >= 4 is 22.1 Å². The van der Waals surface area contributed by atoms with Gasteiger partial charge in [0.2, 0.25) is 0 Å². The fourth-order valence-corrected chi connectivity index (χ4v) is 2.83. The van der Waals surface area contributed by atoms with Gasteiger partial charge in [-0.05, 0) is 29.8 Å². The minimum absolute atomic E-state index is 0.254. The Morgan fingerprint density at radius 1 is 1.04 bits per heavy atom. The summed E-state index contributed by atoms with van der Waals surface area (Å²) in [7, 11) is 0. The molecule has 0 aliphatic heterocycles. The molecular weight excluding hydrogens is 321 g/mol. The normalized spacial score (nSPS) is 11.4. The molecule has 0 amide bonds. The minimum atomic E-state index is -0.423. The predicted molar refractivity (Wildman–Crippen MR) is 90.0 cm³/mol. The number of aromatic amines is 2. The van der Waals surface area contributed by atoms with E-state index in [9.17, 15) is 4.39 Å². The summed E-state index contributed by atoms with van der Waals surface area (Å²) in [6, 6.07) is 6.97. The number of benzene rings is 1. The van der Waals surface area contributed by atoms with E-state index in [1.165, 1.54) is 12.4 Å². The molecule has 0 atom stereocenters. The van der Waals surface area contributed by atoms with E-state index >= 15 is 0 Å². The predicted octanol–water partition coefficient (Wildman–Crippen LogP) is 3.10. The summed E-state index contributed by atoms with van der Waals surface area (Å²) >= 11 is 0. The van der Waals surface area contributed by atoms with E-state index in [4.69, 9.17) is 0 Å². The molecule has 0 aliphatic carbocycles. The van der Waals surface area contributed by atoms with Crippen molar-refractivity contribution in [3.8, 4) is 22.6 Å². The number of imidazole rings is 1. The van der Waals surface area contributed by atoms with Gasteiger partial charge in [-0.1, -0.05) is 0 Å². The lowest BCUT2D eigenvalue weighted by Gasteiger charge is -2.02. The molecule has 120 valence electrons. The maximum Gasteiger partial charge on any atom is 0.178 e. The number of nitrogens with zero attached hydrogens (tertiary/aromatic N) is 5. The van der Waals surface area contributed by atoms with E-state index < -0.39 is 5.82 Å². The molecule has 0 aliphatic rings. The van der Waals surface area contributed by atoms with Crippen LogP contribution in [0.3, 0.4) is 0 Å². The first-order chi connectivity index (χ1) is 12.3. The SMILES string of the molecule is Fc1cc(-c2cncnc2)cc2c(-c3nc4ncccc4[nH]3)[nH]nc12. The van der Waals surface area contributed by atoms with Gasteiger partial charge < -0.3 is 4.98 Å². The Hall–Kier alpha value is -3.68. The Kier molecular flexibility index (Phi) is 2.84. The molecule has 0 saturated carbocycles. The molecule has 7 nitrogen and oxygen atoms in total. The van der Waals surface area contributed by atoms with Gasteiger partial charge in [0, 0.05) is 29.5 Å². The van der Waals surface area contributed by atoms with Gasteiger partial charge in [0.25, 0.3) is 0 Å². The van der Waals surface area contributed by atoms with E-state index in [1.54, 1.807) is 18.6 Å². The monoisotopic (exact) mass is 331 g/mol. The van der Waals surface area contributed by atoms with Gasteiger partial charge in [0.1, 0.15) is 17.5 Å². The molecule has 4 heterocycles. The summed E-state index contributed by atoms with van der Waals surface area (Å²) in [6.07, 6.45) is 6.38. The van der Waals surface area contributed by atoms with E-state index in [0.717, 1.165) is 11.1 Å². The molecule has 8 heteroatoms. The Labute approximate surface area is 140 Å². The Morgan fingerprint density at radius 2 is 1.92 bits per heavy atom. The van der Waals surface area contributed by atoms with Crippen molar-refractivity contribution in [1.82, 2.24) is 35.1 Å². The lowest BCUT2D eigenvalue weighted by Crippen LogP contribution is -1.86. The quantitative estimate of drug-likeness (QED) is 0.518. The van der Waals surface area contributed by atoms with Crippen molar-refractivity contribution in [2.45, 2.75) is 0 Å². The summed E-state index contributed by atoms with van der Waals surface area (Å²) in [5.41, 5.74) is 3.64. The first kappa shape index (κ1) is 13.7. The molecule has 0 fully saturated rings. The summed E-state index contributed by atoms with van der Waals surface area (Å²) in [6.45, 7) is 0. The van der Waals surface area contributed by atoms with E-state index in [2.05, 4.69) is 35.1 Å². The van der Waals surface area contributed by atoms with E-state index in [0.29, 0.717) is 28.1 Å². The first-order valence-electron chi connectivity index (χ1n) is 7.54. The van der Waals surface area contributed by atoms with Crippen LogP contribution in [0.1, 0.15) is 0 Å². The second-order valence-electron chi connectivity index (χ2n) is 5.54. The van der Waals surface area contributed by atoms with Crippen LogP contribution in [-0.2, 0) is 0 Å². The molecule has 0 spiro atoms. The largest absolute Gasteiger partial charge is 0.335 e. The maximum atomic E-state index is 14.5. The smallest absolute Gasteiger partial charge is 0.178 e. The highest BCUT2D eigenvalue weighted by atomic mass is 19.1. The number of rotatable bonds is 2. The number of nitrogens with one attached hydrogen (secondary N) is 2. The van der Waals surface area contributed by atoms with E-state index in [-0.39, 0.29) is 5.52 Å². The molecule has 1 aromatic carbocycles. The zero-order chi connectivity index (χ0) is 16.8. The highest BCUT2D eigenvalue weighted by Crippen LogP contribution is 2.31. The molecule has 0 saturated heterocycles. The van der Waals surface area contributed by atoms with Crippen LogP contribution in [0.15, 0.2) is 49.2 Å². The number of pyridine rings is 1. The number of hydrogen-bond donors (Lipinski definition) is 2. The molecule has 5 aromatic rings. The lowest BCUT2D eigenvalue weighted by atomic mass is 10.1. The van der Waals surface area contributed by atoms with Gasteiger partial charge in [0.05, 0.1) is 5.52 Å². The highest BCUT2D eigenvalue weighted by Gasteiger charge is 2.16. The van der Waals surface area contributed by atoms with Gasteiger partial charge in [-0.15, -0.1) is 0 Å². The van der Waals surface area contributed by atoms with E-state index in [1.807, 2.05) is 18.2 Å². The molecule has 2 N–H and O–H groups in total. The number of hydrogen-bond acceptors (Lipinski definition) is 5. The van der Waals surface area contributed by atoms with Gasteiger partial charge >= 0.3 is 0 Å². The number of fused-ring (bicyclic) bond motifs is 2. The van der Waals surface area contributed by atoms with Crippen LogP contribution in [0.2, 0.25) is 0 Å². The van der Waals surface area contributed by atoms with Crippen LogP contribution >= 0.6 is 0 Å². The highest BCUT2D eigenvalue weighted by molar-refractivity contribution is 5.95. The fraction of sp³-hybridized carbons (Fsp3) is 0. The average Bonchev–Trinajstić information content (AvgIpc) is 3.26. The zero-order valence-electron chi connectivity index (χ0n) is 12.7. The van der Waals surface area contributed by atoms with Crippen molar-refractivity contribution in [1.29, 1.82) is 0 Å². The Balaban J connectivity index is 1.75. The standard InChI is InChI=1S/C17H10FN7/c18-12-5-9(10-6-19-8-20-7-10)4-11-14(12)24-25-15(11)17-22-13-2-1-3-21-16(13)23-17/h1-8H,(H,24,25)(H,21,22,23). The van der Waals surface area contributed by atoms with Crippen LogP contribution in [0.25, 0.3) is 44.7 Å². The van der Waals surface area contributed by atoms with Crippen LogP contribution in [0.5, 0.6) is 0 Å². The van der Waals surface area contributed by atoms with Crippen LogP contribution in [0.4, 0.5) is 4.39 Å². The molecule has 25 heavy (non-hydrogen) atoms. The molecule has 4 aromatic heterocycles. The third kappa shape index (κ3) is 2.15. The average molecular weight is 331 g/mol. The Bertz CT molecular complexity index is 1180. The van der Waals surface area contributed by atoms with Crippen LogP contribution in [-0.4, -0.2) is 35.1 Å². The topological polar surface area (TPSA) is 96.0 Å².